The minimum absolute atomic E-state index is 0.0112. The molecule has 9 nitrogen and oxygen atoms in total. The number of aryl methyl sites for hydroxylation is 1. The van der Waals surface area contributed by atoms with E-state index in [1.165, 1.54) is 6.33 Å². The van der Waals surface area contributed by atoms with Gasteiger partial charge in [-0.1, -0.05) is 0 Å². The molecule has 1 atom stereocenters. The van der Waals surface area contributed by atoms with Crippen LogP contribution in [0.2, 0.25) is 0 Å². The molecule has 2 aromatic rings. The van der Waals surface area contributed by atoms with Gasteiger partial charge in [-0.15, -0.1) is 0 Å². The normalized spacial score (nSPS) is 15.8. The van der Waals surface area contributed by atoms with Crippen molar-refractivity contribution in [2.45, 2.75) is 45.7 Å². The zero-order valence-corrected chi connectivity index (χ0v) is 15.4. The van der Waals surface area contributed by atoms with Crippen LogP contribution < -0.4 is 10.9 Å². The van der Waals surface area contributed by atoms with Crippen LogP contribution in [0.15, 0.2) is 15.5 Å². The van der Waals surface area contributed by atoms with E-state index < -0.39 is 23.0 Å². The number of amides is 1. The fraction of sp³-hybridized carbons (Fsp3) is 0.500. The number of nitrogens with one attached hydrogen (secondary N) is 1. The summed E-state index contributed by atoms with van der Waals surface area (Å²) in [5.74, 6) is -0.815. The first-order chi connectivity index (χ1) is 12.8. The lowest BCUT2D eigenvalue weighted by atomic mass is 9.98. The number of fused-ring (bicyclic) bond motifs is 1. The third-order valence-corrected chi connectivity index (χ3v) is 4.67. The number of nitrogens with zero attached hydrogens (tertiary/aromatic N) is 3. The zero-order chi connectivity index (χ0) is 19.8. The summed E-state index contributed by atoms with van der Waals surface area (Å²) < 4.78 is 11.4. The number of carbonyl (C=O) groups excluding carboxylic acids is 2. The van der Waals surface area contributed by atoms with Crippen LogP contribution >= 0.6 is 0 Å². The monoisotopic (exact) mass is 372 g/mol. The number of hydrogen-bond acceptors (Lipinski definition) is 7. The van der Waals surface area contributed by atoms with E-state index in [0.717, 1.165) is 17.4 Å². The second-order valence-corrected chi connectivity index (χ2v) is 6.75. The van der Waals surface area contributed by atoms with E-state index in [9.17, 15) is 19.6 Å². The summed E-state index contributed by atoms with van der Waals surface area (Å²) in [5, 5.41) is 12.0. The molecule has 1 saturated carbocycles. The quantitative estimate of drug-likeness (QED) is 0.757. The Kier molecular flexibility index (Phi) is 4.74. The number of rotatable bonds is 6. The summed E-state index contributed by atoms with van der Waals surface area (Å²) in [7, 11) is 0. The molecule has 0 radical (unpaired) electrons. The van der Waals surface area contributed by atoms with E-state index in [1.807, 2.05) is 0 Å². The first-order valence-corrected chi connectivity index (χ1v) is 8.68. The lowest BCUT2D eigenvalue weighted by Crippen LogP contribution is -2.48. The molecule has 1 aliphatic rings. The predicted octanol–water partition coefficient (Wildman–Crippen LogP) is 1.28. The van der Waals surface area contributed by atoms with Crippen LogP contribution in [-0.2, 0) is 16.1 Å². The molecule has 2 heterocycles. The molecule has 0 aromatic carbocycles. The van der Waals surface area contributed by atoms with E-state index in [4.69, 9.17) is 9.15 Å². The maximum atomic E-state index is 12.8. The Morgan fingerprint density at radius 2 is 2.22 bits per heavy atom. The Morgan fingerprint density at radius 3 is 2.81 bits per heavy atom. The fourth-order valence-electron chi connectivity index (χ4n) is 3.07. The Morgan fingerprint density at radius 1 is 1.52 bits per heavy atom. The highest BCUT2D eigenvalue weighted by atomic mass is 16.5. The molecule has 1 aliphatic carbocycles. The van der Waals surface area contributed by atoms with Crippen LogP contribution in [-0.4, -0.2) is 33.6 Å². The molecule has 27 heavy (non-hydrogen) atoms. The summed E-state index contributed by atoms with van der Waals surface area (Å²) in [5.41, 5.74) is -1.52. The number of carbonyl (C=O) groups is 2. The largest absolute Gasteiger partial charge is 0.462 e. The van der Waals surface area contributed by atoms with E-state index in [-0.39, 0.29) is 41.5 Å². The lowest BCUT2D eigenvalue weighted by molar-refractivity contribution is -0.123. The summed E-state index contributed by atoms with van der Waals surface area (Å²) in [6.45, 7) is 4.69. The minimum atomic E-state index is -0.958. The Hall–Kier alpha value is -3.15. The van der Waals surface area contributed by atoms with Crippen LogP contribution in [0.4, 0.5) is 0 Å². The minimum Gasteiger partial charge on any atom is -0.462 e. The van der Waals surface area contributed by atoms with Gasteiger partial charge < -0.3 is 14.5 Å². The van der Waals surface area contributed by atoms with Gasteiger partial charge >= 0.3 is 5.97 Å². The van der Waals surface area contributed by atoms with Crippen molar-refractivity contribution in [3.05, 3.63) is 28.0 Å². The van der Waals surface area contributed by atoms with E-state index in [1.54, 1.807) is 20.8 Å². The molecule has 0 unspecified atom stereocenters. The SMILES string of the molecule is CCOC(=O)c1c(C)oc2ncn(CC(=O)N[C@](C)(C#N)C3CC3)c(=O)c12. The topological polar surface area (TPSA) is 127 Å². The molecule has 1 N–H and O–H groups in total. The maximum Gasteiger partial charge on any atom is 0.342 e. The predicted molar refractivity (Wildman–Crippen MR) is 93.8 cm³/mol. The molecule has 2 aromatic heterocycles. The molecule has 0 spiro atoms. The molecule has 0 saturated heterocycles. The van der Waals surface area contributed by atoms with Gasteiger partial charge in [0.2, 0.25) is 11.6 Å². The third kappa shape index (κ3) is 3.43. The van der Waals surface area contributed by atoms with Crippen LogP contribution in [0.5, 0.6) is 0 Å². The van der Waals surface area contributed by atoms with Gasteiger partial charge in [0.1, 0.15) is 35.1 Å². The summed E-state index contributed by atoms with van der Waals surface area (Å²) in [4.78, 5) is 41.4. The molecular weight excluding hydrogens is 352 g/mol. The number of ether oxygens (including phenoxy) is 1. The van der Waals surface area contributed by atoms with Gasteiger partial charge in [0.05, 0.1) is 12.7 Å². The summed E-state index contributed by atoms with van der Waals surface area (Å²) >= 11 is 0. The van der Waals surface area contributed by atoms with E-state index in [0.29, 0.717) is 0 Å². The Labute approximate surface area is 154 Å². The molecule has 3 rings (SSSR count). The number of hydrogen-bond donors (Lipinski definition) is 1. The van der Waals surface area contributed by atoms with E-state index >= 15 is 0 Å². The van der Waals surface area contributed by atoms with Crippen LogP contribution in [0.1, 0.15) is 42.8 Å². The lowest BCUT2D eigenvalue weighted by Gasteiger charge is -2.22. The standard InChI is InChI=1S/C18H20N4O5/c1-4-26-17(25)13-10(2)27-15-14(13)16(24)22(9-20-15)7-12(23)21-18(3,8-19)11-5-6-11/h9,11H,4-7H2,1-3H3,(H,21,23)/t18-/m1/s1. The number of aromatic nitrogens is 2. The van der Waals surface area contributed by atoms with Crippen molar-refractivity contribution >= 4 is 23.0 Å². The van der Waals surface area contributed by atoms with Gasteiger partial charge in [-0.2, -0.15) is 5.26 Å². The van der Waals surface area contributed by atoms with Crippen molar-refractivity contribution in [2.24, 2.45) is 5.92 Å². The Bertz CT molecular complexity index is 1010. The highest BCUT2D eigenvalue weighted by molar-refractivity contribution is 6.03. The molecule has 1 fully saturated rings. The smallest absolute Gasteiger partial charge is 0.342 e. The van der Waals surface area contributed by atoms with Gasteiger partial charge in [-0.25, -0.2) is 9.78 Å². The first kappa shape index (κ1) is 18.6. The number of esters is 1. The van der Waals surface area contributed by atoms with Gasteiger partial charge in [-0.3, -0.25) is 14.2 Å². The third-order valence-electron chi connectivity index (χ3n) is 4.67. The van der Waals surface area contributed by atoms with Crippen LogP contribution in [0.3, 0.4) is 0 Å². The van der Waals surface area contributed by atoms with Crippen molar-refractivity contribution < 1.29 is 18.7 Å². The average Bonchev–Trinajstić information content (AvgIpc) is 3.41. The van der Waals surface area contributed by atoms with Crippen molar-refractivity contribution in [1.82, 2.24) is 14.9 Å². The molecule has 0 bridgehead atoms. The second-order valence-electron chi connectivity index (χ2n) is 6.75. The first-order valence-electron chi connectivity index (χ1n) is 8.68. The molecule has 142 valence electrons. The van der Waals surface area contributed by atoms with Crippen LogP contribution in [0.25, 0.3) is 11.1 Å². The van der Waals surface area contributed by atoms with Crippen LogP contribution in [0, 0.1) is 24.2 Å². The van der Waals surface area contributed by atoms with Gasteiger partial charge in [0.25, 0.3) is 5.56 Å². The fourth-order valence-corrected chi connectivity index (χ4v) is 3.07. The van der Waals surface area contributed by atoms with Crippen molar-refractivity contribution in [3.8, 4) is 6.07 Å². The number of nitriles is 1. The summed E-state index contributed by atoms with van der Waals surface area (Å²) in [6, 6.07) is 2.13. The van der Waals surface area contributed by atoms with Crippen molar-refractivity contribution in [2.75, 3.05) is 6.61 Å². The van der Waals surface area contributed by atoms with Gasteiger partial charge in [-0.05, 0) is 39.5 Å². The average molecular weight is 372 g/mol. The molecule has 0 aliphatic heterocycles. The van der Waals surface area contributed by atoms with Crippen molar-refractivity contribution in [1.29, 1.82) is 5.26 Å². The molecule has 1 amide bonds. The van der Waals surface area contributed by atoms with Gasteiger partial charge in [0.15, 0.2) is 0 Å². The molecule has 9 heteroatoms. The van der Waals surface area contributed by atoms with E-state index in [2.05, 4.69) is 16.4 Å². The highest BCUT2D eigenvalue weighted by Crippen LogP contribution is 2.39. The highest BCUT2D eigenvalue weighted by Gasteiger charge is 2.43. The Balaban J connectivity index is 1.92. The number of furan rings is 1. The molecular formula is C18H20N4O5. The zero-order valence-electron chi connectivity index (χ0n) is 15.4. The summed E-state index contributed by atoms with van der Waals surface area (Å²) in [6.07, 6.45) is 2.95. The van der Waals surface area contributed by atoms with Crippen molar-refractivity contribution in [3.63, 3.8) is 0 Å². The van der Waals surface area contributed by atoms with Gasteiger partial charge in [0, 0.05) is 0 Å². The second kappa shape index (κ2) is 6.87. The maximum absolute atomic E-state index is 12.8.